The molecule has 1 unspecified atom stereocenters. The summed E-state index contributed by atoms with van der Waals surface area (Å²) in [6.45, 7) is 9.67. The number of benzene rings is 1. The maximum atomic E-state index is 12.3. The topological polar surface area (TPSA) is 73.2 Å². The van der Waals surface area contributed by atoms with Crippen molar-refractivity contribution in [2.45, 2.75) is 46.1 Å². The lowest BCUT2D eigenvalue weighted by atomic mass is 9.87. The summed E-state index contributed by atoms with van der Waals surface area (Å²) in [7, 11) is 1.71. The predicted octanol–water partition coefficient (Wildman–Crippen LogP) is 4.26. The van der Waals surface area contributed by atoms with Crippen LogP contribution in [0.3, 0.4) is 0 Å². The Morgan fingerprint density at radius 1 is 1.25 bits per heavy atom. The largest absolute Gasteiger partial charge is 0.449 e. The van der Waals surface area contributed by atoms with Crippen LogP contribution in [0.1, 0.15) is 44.5 Å². The van der Waals surface area contributed by atoms with Gasteiger partial charge < -0.3 is 10.1 Å². The lowest BCUT2D eigenvalue weighted by molar-refractivity contribution is -0.148. The Morgan fingerprint density at radius 2 is 1.86 bits per heavy atom. The van der Waals surface area contributed by atoms with Gasteiger partial charge in [0.25, 0.3) is 5.91 Å². The number of rotatable bonds is 5. The van der Waals surface area contributed by atoms with E-state index in [9.17, 15) is 9.59 Å². The molecule has 150 valence electrons. The number of aromatic nitrogens is 2. The monoisotopic (exact) mass is 403 g/mol. The highest BCUT2D eigenvalue weighted by Crippen LogP contribution is 2.23. The number of amides is 1. The Kier molecular flexibility index (Phi) is 6.67. The van der Waals surface area contributed by atoms with Gasteiger partial charge in [0.1, 0.15) is 5.15 Å². The van der Waals surface area contributed by atoms with Gasteiger partial charge in [0.2, 0.25) is 0 Å². The minimum Gasteiger partial charge on any atom is -0.449 e. The second-order valence-electron chi connectivity index (χ2n) is 7.64. The van der Waals surface area contributed by atoms with Crippen LogP contribution in [-0.4, -0.2) is 27.8 Å². The van der Waals surface area contributed by atoms with Gasteiger partial charge in [-0.3, -0.25) is 9.48 Å². The summed E-state index contributed by atoms with van der Waals surface area (Å²) in [6, 6.07) is 7.60. The van der Waals surface area contributed by atoms with Gasteiger partial charge in [-0.1, -0.05) is 44.5 Å². The summed E-state index contributed by atoms with van der Waals surface area (Å²) in [5.74, 6) is -1.04. The van der Waals surface area contributed by atoms with E-state index >= 15 is 0 Å². The van der Waals surface area contributed by atoms with Crippen LogP contribution in [0.4, 0.5) is 5.69 Å². The molecule has 0 saturated heterocycles. The molecule has 1 heterocycles. The fourth-order valence-electron chi connectivity index (χ4n) is 2.55. The normalized spacial score (nSPS) is 12.8. The Hall–Kier alpha value is -2.60. The minimum atomic E-state index is -0.940. The summed E-state index contributed by atoms with van der Waals surface area (Å²) >= 11 is 6.12. The third kappa shape index (κ3) is 5.45. The number of hydrogen-bond acceptors (Lipinski definition) is 4. The lowest BCUT2D eigenvalue weighted by Gasteiger charge is -2.19. The Balaban J connectivity index is 1.94. The number of carbonyl (C=O) groups is 2. The van der Waals surface area contributed by atoms with Gasteiger partial charge in [-0.15, -0.1) is 0 Å². The second kappa shape index (κ2) is 8.61. The molecule has 1 atom stereocenters. The zero-order chi connectivity index (χ0) is 21.1. The second-order valence-corrected chi connectivity index (χ2v) is 8.00. The molecular weight excluding hydrogens is 378 g/mol. The van der Waals surface area contributed by atoms with Gasteiger partial charge in [-0.2, -0.15) is 5.10 Å². The molecule has 0 fully saturated rings. The van der Waals surface area contributed by atoms with E-state index in [4.69, 9.17) is 16.3 Å². The molecule has 0 bridgehead atoms. The molecule has 2 aromatic rings. The van der Waals surface area contributed by atoms with Crippen LogP contribution < -0.4 is 5.32 Å². The van der Waals surface area contributed by atoms with E-state index in [1.54, 1.807) is 14.0 Å². The van der Waals surface area contributed by atoms with Crippen molar-refractivity contribution >= 4 is 35.2 Å². The average Bonchev–Trinajstić information content (AvgIpc) is 2.84. The van der Waals surface area contributed by atoms with E-state index < -0.39 is 18.0 Å². The summed E-state index contributed by atoms with van der Waals surface area (Å²) in [5.41, 5.74) is 3.18. The van der Waals surface area contributed by atoms with Crippen LogP contribution >= 0.6 is 11.6 Å². The van der Waals surface area contributed by atoms with E-state index in [2.05, 4.69) is 31.2 Å². The first-order chi connectivity index (χ1) is 13.0. The van der Waals surface area contributed by atoms with Crippen molar-refractivity contribution in [2.75, 3.05) is 5.32 Å². The molecular formula is C21H26ClN3O3. The van der Waals surface area contributed by atoms with Crippen LogP contribution in [0.25, 0.3) is 6.08 Å². The number of carbonyl (C=O) groups excluding carboxylic acids is 2. The number of ether oxygens (including phenoxy) is 1. The van der Waals surface area contributed by atoms with Gasteiger partial charge in [0.05, 0.1) is 5.69 Å². The molecule has 0 aliphatic carbocycles. The number of hydrogen-bond donors (Lipinski definition) is 1. The van der Waals surface area contributed by atoms with Gasteiger partial charge >= 0.3 is 5.97 Å². The maximum Gasteiger partial charge on any atom is 0.331 e. The van der Waals surface area contributed by atoms with Crippen molar-refractivity contribution in [3.05, 3.63) is 52.3 Å². The fraction of sp³-hybridized carbons (Fsp3) is 0.381. The smallest absolute Gasteiger partial charge is 0.331 e. The predicted molar refractivity (Wildman–Crippen MR) is 111 cm³/mol. The molecule has 2 rings (SSSR count). The number of nitrogens with zero attached hydrogens (tertiary/aromatic N) is 2. The highest BCUT2D eigenvalue weighted by molar-refractivity contribution is 6.31. The van der Waals surface area contributed by atoms with Crippen molar-refractivity contribution in [2.24, 2.45) is 7.05 Å². The van der Waals surface area contributed by atoms with Crippen LogP contribution in [0, 0.1) is 6.92 Å². The molecule has 0 spiro atoms. The molecule has 0 aliphatic rings. The van der Waals surface area contributed by atoms with Crippen molar-refractivity contribution in [3.63, 3.8) is 0 Å². The van der Waals surface area contributed by atoms with E-state index in [1.807, 2.05) is 24.3 Å². The van der Waals surface area contributed by atoms with Gasteiger partial charge in [0, 0.05) is 24.4 Å². The average molecular weight is 404 g/mol. The zero-order valence-corrected chi connectivity index (χ0v) is 17.8. The number of aryl methyl sites for hydroxylation is 2. The molecule has 1 N–H and O–H groups in total. The number of anilines is 1. The van der Waals surface area contributed by atoms with E-state index in [1.165, 1.54) is 29.3 Å². The molecule has 7 heteroatoms. The molecule has 6 nitrogen and oxygen atoms in total. The van der Waals surface area contributed by atoms with Crippen LogP contribution in [0.15, 0.2) is 30.3 Å². The highest BCUT2D eigenvalue weighted by Gasteiger charge is 2.18. The number of nitrogens with one attached hydrogen (secondary N) is 1. The molecule has 0 saturated carbocycles. The molecule has 1 aromatic heterocycles. The molecule has 0 radical (unpaired) electrons. The highest BCUT2D eigenvalue weighted by atomic mass is 35.5. The Labute approximate surface area is 170 Å². The summed E-state index contributed by atoms with van der Waals surface area (Å²) in [6.07, 6.45) is 1.82. The van der Waals surface area contributed by atoms with Crippen LogP contribution in [0.5, 0.6) is 0 Å². The summed E-state index contributed by atoms with van der Waals surface area (Å²) in [5, 5.41) is 7.33. The Morgan fingerprint density at radius 3 is 2.36 bits per heavy atom. The third-order valence-electron chi connectivity index (χ3n) is 4.26. The maximum absolute atomic E-state index is 12.3. The van der Waals surface area contributed by atoms with E-state index in [0.717, 1.165) is 0 Å². The molecule has 28 heavy (non-hydrogen) atoms. The van der Waals surface area contributed by atoms with Gasteiger partial charge in [0.15, 0.2) is 6.10 Å². The molecule has 1 aromatic carbocycles. The minimum absolute atomic E-state index is 0.0349. The summed E-state index contributed by atoms with van der Waals surface area (Å²) in [4.78, 5) is 24.3. The van der Waals surface area contributed by atoms with E-state index in [0.29, 0.717) is 22.1 Å². The number of esters is 1. The van der Waals surface area contributed by atoms with Crippen molar-refractivity contribution in [3.8, 4) is 0 Å². The lowest BCUT2D eigenvalue weighted by Crippen LogP contribution is -2.29. The fourth-order valence-corrected chi connectivity index (χ4v) is 2.79. The van der Waals surface area contributed by atoms with Crippen molar-refractivity contribution < 1.29 is 14.3 Å². The van der Waals surface area contributed by atoms with Crippen molar-refractivity contribution in [1.29, 1.82) is 0 Å². The third-order valence-corrected chi connectivity index (χ3v) is 4.71. The van der Waals surface area contributed by atoms with Crippen LogP contribution in [0.2, 0.25) is 5.15 Å². The first-order valence-corrected chi connectivity index (χ1v) is 9.36. The first-order valence-electron chi connectivity index (χ1n) is 8.98. The zero-order valence-electron chi connectivity index (χ0n) is 17.0. The van der Waals surface area contributed by atoms with E-state index in [-0.39, 0.29) is 5.41 Å². The molecule has 0 aliphatic heterocycles. The van der Waals surface area contributed by atoms with Gasteiger partial charge in [-0.25, -0.2) is 4.79 Å². The SMILES string of the molecule is Cc1nn(C)c(Cl)c1C=CC(=O)OC(C)C(=O)Nc1ccc(C(C)(C)C)cc1. The molecule has 1 amide bonds. The van der Waals surface area contributed by atoms with Crippen molar-refractivity contribution in [1.82, 2.24) is 9.78 Å². The Bertz CT molecular complexity index is 893. The standard InChI is InChI=1S/C21H26ClN3O3/c1-13-17(19(22)25(6)24-13)11-12-18(26)28-14(2)20(27)23-16-9-7-15(8-10-16)21(3,4)5/h7-12,14H,1-6H3,(H,23,27). The van der Waals surface area contributed by atoms with Gasteiger partial charge in [-0.05, 0) is 43.0 Å². The van der Waals surface area contributed by atoms with Crippen LogP contribution in [-0.2, 0) is 26.8 Å². The number of halogens is 1. The summed E-state index contributed by atoms with van der Waals surface area (Å²) < 4.78 is 6.68. The first kappa shape index (κ1) is 21.7. The quantitative estimate of drug-likeness (QED) is 0.597.